The molecule has 7 heteroatoms. The number of aryl methyl sites for hydroxylation is 2. The normalized spacial score (nSPS) is 20.6. The maximum atomic E-state index is 11.3. The van der Waals surface area contributed by atoms with Crippen LogP contribution in [0.4, 0.5) is 5.69 Å². The van der Waals surface area contributed by atoms with Crippen LogP contribution in [-0.4, -0.2) is 17.8 Å². The van der Waals surface area contributed by atoms with E-state index in [0.717, 1.165) is 28.9 Å². The summed E-state index contributed by atoms with van der Waals surface area (Å²) in [6.45, 7) is 5.75. The van der Waals surface area contributed by atoms with Gasteiger partial charge in [0.15, 0.2) is 11.5 Å². The second-order valence-corrected chi connectivity index (χ2v) is 6.85. The maximum absolute atomic E-state index is 11.3. The average Bonchev–Trinajstić information content (AvgIpc) is 2.94. The predicted octanol–water partition coefficient (Wildman–Crippen LogP) is 4.43. The Morgan fingerprint density at radius 3 is 2.38 bits per heavy atom. The highest BCUT2D eigenvalue weighted by Gasteiger charge is 2.28. The lowest BCUT2D eigenvalue weighted by molar-refractivity contribution is -0.386. The molecule has 2 atom stereocenters. The van der Waals surface area contributed by atoms with Gasteiger partial charge >= 0.3 is 0 Å². The molecule has 0 bridgehead atoms. The number of benzene rings is 2. The van der Waals surface area contributed by atoms with Crippen molar-refractivity contribution in [2.75, 3.05) is 6.79 Å². The molecule has 2 aliphatic heterocycles. The summed E-state index contributed by atoms with van der Waals surface area (Å²) in [6, 6.07) is 7.37. The van der Waals surface area contributed by atoms with Gasteiger partial charge in [0.2, 0.25) is 6.79 Å². The van der Waals surface area contributed by atoms with Gasteiger partial charge in [-0.1, -0.05) is 0 Å². The largest absolute Gasteiger partial charge is 0.454 e. The van der Waals surface area contributed by atoms with Gasteiger partial charge in [0.1, 0.15) is 6.04 Å². The Kier molecular flexibility index (Phi) is 3.86. The van der Waals surface area contributed by atoms with Crippen LogP contribution in [-0.2, 0) is 6.42 Å². The Morgan fingerprint density at radius 1 is 1.08 bits per heavy atom. The number of azo groups is 1. The van der Waals surface area contributed by atoms with Gasteiger partial charge < -0.3 is 9.47 Å². The highest BCUT2D eigenvalue weighted by atomic mass is 16.7. The quantitative estimate of drug-likeness (QED) is 0.590. The molecule has 2 aliphatic rings. The number of nitrogens with zero attached hydrogens (tertiary/aromatic N) is 3. The molecule has 0 saturated carbocycles. The van der Waals surface area contributed by atoms with Crippen molar-refractivity contribution in [1.82, 2.24) is 0 Å². The first kappa shape index (κ1) is 16.5. The lowest BCUT2D eigenvalue weighted by Crippen LogP contribution is -2.05. The van der Waals surface area contributed by atoms with Crippen molar-refractivity contribution < 1.29 is 14.4 Å². The van der Waals surface area contributed by atoms with Crippen LogP contribution in [0.1, 0.15) is 40.8 Å². The molecule has 2 aromatic carbocycles. The van der Waals surface area contributed by atoms with Crippen LogP contribution in [0.15, 0.2) is 34.5 Å². The van der Waals surface area contributed by atoms with E-state index in [-0.39, 0.29) is 29.5 Å². The first-order valence-electron chi connectivity index (χ1n) is 8.52. The maximum Gasteiger partial charge on any atom is 0.275 e. The van der Waals surface area contributed by atoms with Crippen molar-refractivity contribution in [2.45, 2.75) is 39.3 Å². The van der Waals surface area contributed by atoms with Crippen LogP contribution < -0.4 is 9.47 Å². The monoisotopic (exact) mass is 353 g/mol. The van der Waals surface area contributed by atoms with E-state index in [1.54, 1.807) is 13.8 Å². The third-order valence-electron chi connectivity index (χ3n) is 4.84. The summed E-state index contributed by atoms with van der Waals surface area (Å²) < 4.78 is 11.0. The summed E-state index contributed by atoms with van der Waals surface area (Å²) in [5.41, 5.74) is 4.42. The van der Waals surface area contributed by atoms with Crippen LogP contribution in [0.3, 0.4) is 0 Å². The van der Waals surface area contributed by atoms with Crippen LogP contribution >= 0.6 is 0 Å². The van der Waals surface area contributed by atoms with Crippen molar-refractivity contribution in [1.29, 1.82) is 0 Å². The summed E-state index contributed by atoms with van der Waals surface area (Å²) >= 11 is 0. The van der Waals surface area contributed by atoms with Crippen molar-refractivity contribution >= 4 is 5.69 Å². The average molecular weight is 353 g/mol. The number of nitro groups is 1. The van der Waals surface area contributed by atoms with Crippen LogP contribution in [0.25, 0.3) is 0 Å². The molecule has 0 amide bonds. The molecule has 0 N–H and O–H groups in total. The van der Waals surface area contributed by atoms with E-state index in [1.807, 2.05) is 31.2 Å². The molecule has 134 valence electrons. The molecular weight excluding hydrogens is 334 g/mol. The molecule has 0 saturated heterocycles. The van der Waals surface area contributed by atoms with E-state index in [0.29, 0.717) is 16.9 Å². The van der Waals surface area contributed by atoms with E-state index in [4.69, 9.17) is 9.47 Å². The topological polar surface area (TPSA) is 86.3 Å². The van der Waals surface area contributed by atoms with Gasteiger partial charge in [-0.15, -0.1) is 0 Å². The zero-order valence-corrected chi connectivity index (χ0v) is 14.9. The van der Waals surface area contributed by atoms with Gasteiger partial charge in [0.25, 0.3) is 5.69 Å². The summed E-state index contributed by atoms with van der Waals surface area (Å²) in [7, 11) is 0. The molecule has 26 heavy (non-hydrogen) atoms. The fraction of sp³-hybridized carbons (Fsp3) is 0.368. The Hall–Kier alpha value is -2.96. The molecule has 2 heterocycles. The number of rotatable bonds is 2. The molecular formula is C19H19N3O4. The number of hydrogen-bond acceptors (Lipinski definition) is 6. The number of ether oxygens (including phenoxy) is 2. The summed E-state index contributed by atoms with van der Waals surface area (Å²) in [6.07, 6.45) is 0.761. The summed E-state index contributed by atoms with van der Waals surface area (Å²) in [5, 5.41) is 20.3. The van der Waals surface area contributed by atoms with Crippen LogP contribution in [0, 0.1) is 24.0 Å². The Balaban J connectivity index is 1.87. The number of hydrogen-bond donors (Lipinski definition) is 0. The molecule has 0 fully saturated rings. The van der Waals surface area contributed by atoms with E-state index in [1.165, 1.54) is 0 Å². The second kappa shape index (κ2) is 6.09. The lowest BCUT2D eigenvalue weighted by Gasteiger charge is -2.16. The Bertz CT molecular complexity index is 916. The molecule has 4 rings (SSSR count). The SMILES string of the molecule is Cc1cc(C2N=N[C@H](C)Cc3cc4c(cc32)OCO4)cc(C)c1[N+](=O)[O-]. The van der Waals surface area contributed by atoms with Crippen molar-refractivity contribution in [3.63, 3.8) is 0 Å². The third-order valence-corrected chi connectivity index (χ3v) is 4.84. The third kappa shape index (κ3) is 2.69. The molecule has 7 nitrogen and oxygen atoms in total. The number of nitro benzene ring substituents is 1. The highest BCUT2D eigenvalue weighted by Crippen LogP contribution is 2.42. The molecule has 2 aromatic rings. The van der Waals surface area contributed by atoms with E-state index >= 15 is 0 Å². The van der Waals surface area contributed by atoms with Crippen LogP contribution in [0.5, 0.6) is 11.5 Å². The minimum absolute atomic E-state index is 0.0550. The predicted molar refractivity (Wildman–Crippen MR) is 95.0 cm³/mol. The minimum Gasteiger partial charge on any atom is -0.454 e. The second-order valence-electron chi connectivity index (χ2n) is 6.85. The molecule has 0 aliphatic carbocycles. The first-order chi connectivity index (χ1) is 12.4. The standard InChI is InChI=1S/C19H19N3O4/c1-10-4-14(5-11(2)19(10)22(23)24)18-15-8-17-16(25-9-26-17)7-13(15)6-12(3)20-21-18/h4-5,7-8,12,18H,6,9H2,1-3H3/t12-,18?/m1/s1. The van der Waals surface area contributed by atoms with Crippen molar-refractivity contribution in [2.24, 2.45) is 10.2 Å². The highest BCUT2D eigenvalue weighted by molar-refractivity contribution is 5.55. The van der Waals surface area contributed by atoms with E-state index < -0.39 is 0 Å². The Labute approximate surface area is 150 Å². The van der Waals surface area contributed by atoms with E-state index in [9.17, 15) is 10.1 Å². The number of fused-ring (bicyclic) bond motifs is 2. The molecule has 1 unspecified atom stereocenters. The zero-order chi connectivity index (χ0) is 18.4. The van der Waals surface area contributed by atoms with Gasteiger partial charge in [-0.05, 0) is 68.1 Å². The van der Waals surface area contributed by atoms with Gasteiger partial charge in [0.05, 0.1) is 11.0 Å². The molecule has 0 radical (unpaired) electrons. The van der Waals surface area contributed by atoms with E-state index in [2.05, 4.69) is 10.2 Å². The van der Waals surface area contributed by atoms with Crippen LogP contribution in [0.2, 0.25) is 0 Å². The summed E-state index contributed by atoms with van der Waals surface area (Å²) in [5.74, 6) is 1.45. The van der Waals surface area contributed by atoms with Crippen molar-refractivity contribution in [3.05, 3.63) is 62.2 Å². The van der Waals surface area contributed by atoms with Crippen molar-refractivity contribution in [3.8, 4) is 11.5 Å². The van der Waals surface area contributed by atoms with Gasteiger partial charge in [-0.2, -0.15) is 10.2 Å². The fourth-order valence-corrected chi connectivity index (χ4v) is 3.71. The lowest BCUT2D eigenvalue weighted by atomic mass is 9.90. The smallest absolute Gasteiger partial charge is 0.275 e. The van der Waals surface area contributed by atoms with Gasteiger partial charge in [-0.25, -0.2) is 0 Å². The van der Waals surface area contributed by atoms with Gasteiger partial charge in [0, 0.05) is 11.1 Å². The first-order valence-corrected chi connectivity index (χ1v) is 8.52. The minimum atomic E-state index is -0.336. The summed E-state index contributed by atoms with van der Waals surface area (Å²) in [4.78, 5) is 11.0. The zero-order valence-electron chi connectivity index (χ0n) is 14.9. The molecule has 0 spiro atoms. The van der Waals surface area contributed by atoms with Gasteiger partial charge in [-0.3, -0.25) is 10.1 Å². The fourth-order valence-electron chi connectivity index (χ4n) is 3.71. The Morgan fingerprint density at radius 2 is 1.73 bits per heavy atom. The molecule has 0 aromatic heterocycles.